The second kappa shape index (κ2) is 9.29. The van der Waals surface area contributed by atoms with Gasteiger partial charge in [-0.2, -0.15) is 0 Å². The molecule has 0 radical (unpaired) electrons. The predicted octanol–water partition coefficient (Wildman–Crippen LogP) is 5.90. The SMILES string of the molecule is COc1cccc(C2/C(=C(\O)c3cc(OC)ccc3Cl)C(=O)C(=O)N2c2nc3ccc(C)cc3s2)c1. The van der Waals surface area contributed by atoms with E-state index in [0.29, 0.717) is 27.7 Å². The molecule has 5 rings (SSSR count). The summed E-state index contributed by atoms with van der Waals surface area (Å²) in [5.74, 6) is -1.05. The highest BCUT2D eigenvalue weighted by atomic mass is 35.5. The topological polar surface area (TPSA) is 89.0 Å². The van der Waals surface area contributed by atoms with Crippen LogP contribution in [0.5, 0.6) is 11.5 Å². The third kappa shape index (κ3) is 3.98. The number of aromatic nitrogens is 1. The number of ether oxygens (including phenoxy) is 2. The minimum Gasteiger partial charge on any atom is -0.507 e. The van der Waals surface area contributed by atoms with Gasteiger partial charge in [0.1, 0.15) is 17.3 Å². The number of halogens is 1. The van der Waals surface area contributed by atoms with Crippen LogP contribution in [0.15, 0.2) is 66.2 Å². The molecule has 1 aliphatic heterocycles. The lowest BCUT2D eigenvalue weighted by molar-refractivity contribution is -0.132. The van der Waals surface area contributed by atoms with E-state index in [9.17, 15) is 14.7 Å². The van der Waals surface area contributed by atoms with Crippen molar-refractivity contribution in [1.82, 2.24) is 4.98 Å². The Bertz CT molecular complexity index is 1560. The molecule has 1 saturated heterocycles. The minimum atomic E-state index is -0.955. The quantitative estimate of drug-likeness (QED) is 0.200. The highest BCUT2D eigenvalue weighted by molar-refractivity contribution is 7.22. The van der Waals surface area contributed by atoms with Gasteiger partial charge in [0.2, 0.25) is 0 Å². The summed E-state index contributed by atoms with van der Waals surface area (Å²) in [6.45, 7) is 1.97. The van der Waals surface area contributed by atoms with Crippen LogP contribution >= 0.6 is 22.9 Å². The number of hydrogen-bond donors (Lipinski definition) is 1. The fraction of sp³-hybridized carbons (Fsp3) is 0.148. The van der Waals surface area contributed by atoms with Gasteiger partial charge in [0.25, 0.3) is 5.78 Å². The van der Waals surface area contributed by atoms with Gasteiger partial charge >= 0.3 is 5.91 Å². The molecule has 0 bridgehead atoms. The number of Topliss-reactive ketones (excluding diaryl/α,β-unsaturated/α-hetero) is 1. The molecule has 4 aromatic rings. The average Bonchev–Trinajstić information content (AvgIpc) is 3.41. The normalized spacial score (nSPS) is 17.1. The van der Waals surface area contributed by atoms with Crippen molar-refractivity contribution in [2.24, 2.45) is 0 Å². The Morgan fingerprint density at radius 1 is 1.03 bits per heavy atom. The Morgan fingerprint density at radius 3 is 2.53 bits per heavy atom. The van der Waals surface area contributed by atoms with Crippen LogP contribution in [0.3, 0.4) is 0 Å². The van der Waals surface area contributed by atoms with Gasteiger partial charge in [0, 0.05) is 5.56 Å². The van der Waals surface area contributed by atoms with Crippen LogP contribution in [0.25, 0.3) is 16.0 Å². The standard InChI is InChI=1S/C27H21ClN2O5S/c1-14-7-10-20-21(11-14)36-27(29-20)30-23(15-5-4-6-16(12-15)34-2)22(25(32)26(30)33)24(31)18-13-17(35-3)8-9-19(18)28/h4-13,23,31H,1-3H3/b24-22+. The average molecular weight is 521 g/mol. The number of aliphatic hydroxyl groups excluding tert-OH is 1. The van der Waals surface area contributed by atoms with E-state index in [0.717, 1.165) is 10.3 Å². The van der Waals surface area contributed by atoms with Crippen LogP contribution in [0.2, 0.25) is 5.02 Å². The lowest BCUT2D eigenvalue weighted by Gasteiger charge is -2.23. The number of amides is 1. The highest BCUT2D eigenvalue weighted by Gasteiger charge is 2.48. The molecule has 2 heterocycles. The Balaban J connectivity index is 1.76. The third-order valence-corrected chi connectivity index (χ3v) is 7.37. The van der Waals surface area contributed by atoms with E-state index in [4.69, 9.17) is 21.1 Å². The fourth-order valence-electron chi connectivity index (χ4n) is 4.24. The van der Waals surface area contributed by atoms with E-state index in [1.165, 1.54) is 36.5 Å². The number of ketones is 1. The van der Waals surface area contributed by atoms with Gasteiger partial charge in [-0.3, -0.25) is 14.5 Å². The summed E-state index contributed by atoms with van der Waals surface area (Å²) in [5.41, 5.74) is 2.42. The van der Waals surface area contributed by atoms with Gasteiger partial charge in [-0.25, -0.2) is 4.98 Å². The van der Waals surface area contributed by atoms with Crippen molar-refractivity contribution in [3.63, 3.8) is 0 Å². The second-order valence-electron chi connectivity index (χ2n) is 8.26. The first kappa shape index (κ1) is 23.8. The van der Waals surface area contributed by atoms with Crippen LogP contribution in [-0.2, 0) is 9.59 Å². The maximum Gasteiger partial charge on any atom is 0.301 e. The molecular formula is C27H21ClN2O5S. The number of hydrogen-bond acceptors (Lipinski definition) is 7. The molecule has 0 spiro atoms. The van der Waals surface area contributed by atoms with E-state index in [2.05, 4.69) is 4.98 Å². The predicted molar refractivity (Wildman–Crippen MR) is 140 cm³/mol. The number of rotatable bonds is 5. The number of nitrogens with zero attached hydrogens (tertiary/aromatic N) is 2. The summed E-state index contributed by atoms with van der Waals surface area (Å²) < 4.78 is 11.5. The zero-order chi connectivity index (χ0) is 25.6. The summed E-state index contributed by atoms with van der Waals surface area (Å²) in [5, 5.41) is 12.0. The smallest absolute Gasteiger partial charge is 0.301 e. The molecule has 0 aliphatic carbocycles. The first-order chi connectivity index (χ1) is 17.3. The number of aliphatic hydroxyl groups is 1. The number of thiazole rings is 1. The molecule has 1 aromatic heterocycles. The molecular weight excluding hydrogens is 500 g/mol. The van der Waals surface area contributed by atoms with E-state index in [-0.39, 0.29) is 16.2 Å². The number of methoxy groups -OCH3 is 2. The molecule has 1 unspecified atom stereocenters. The molecule has 7 nitrogen and oxygen atoms in total. The van der Waals surface area contributed by atoms with Crippen LogP contribution in [0.4, 0.5) is 5.13 Å². The van der Waals surface area contributed by atoms with E-state index < -0.39 is 23.5 Å². The van der Waals surface area contributed by atoms with Crippen molar-refractivity contribution in [1.29, 1.82) is 0 Å². The summed E-state index contributed by atoms with van der Waals surface area (Å²) in [6, 6.07) is 16.6. The molecule has 1 N–H and O–H groups in total. The Kier molecular flexibility index (Phi) is 6.15. The van der Waals surface area contributed by atoms with Crippen molar-refractivity contribution in [2.45, 2.75) is 13.0 Å². The number of fused-ring (bicyclic) bond motifs is 1. The molecule has 3 aromatic carbocycles. The Labute approximate surface area is 216 Å². The number of carbonyl (C=O) groups is 2. The molecule has 0 saturated carbocycles. The van der Waals surface area contributed by atoms with Gasteiger partial charge in [0.15, 0.2) is 5.13 Å². The van der Waals surface area contributed by atoms with Gasteiger partial charge in [-0.15, -0.1) is 0 Å². The number of anilines is 1. The minimum absolute atomic E-state index is 0.0983. The van der Waals surface area contributed by atoms with E-state index >= 15 is 0 Å². The van der Waals surface area contributed by atoms with Gasteiger partial charge in [0.05, 0.1) is 41.1 Å². The molecule has 1 aliphatic rings. The zero-order valence-corrected chi connectivity index (χ0v) is 21.2. The molecule has 9 heteroatoms. The van der Waals surface area contributed by atoms with Crippen molar-refractivity contribution in [2.75, 3.05) is 19.1 Å². The number of carbonyl (C=O) groups excluding carboxylic acids is 2. The Morgan fingerprint density at radius 2 is 1.78 bits per heavy atom. The maximum absolute atomic E-state index is 13.5. The van der Waals surface area contributed by atoms with Crippen LogP contribution in [0, 0.1) is 6.92 Å². The van der Waals surface area contributed by atoms with E-state index in [1.54, 1.807) is 36.4 Å². The van der Waals surface area contributed by atoms with Gasteiger partial charge in [-0.05, 0) is 60.5 Å². The lowest BCUT2D eigenvalue weighted by Crippen LogP contribution is -2.29. The maximum atomic E-state index is 13.5. The lowest BCUT2D eigenvalue weighted by atomic mass is 9.95. The van der Waals surface area contributed by atoms with Crippen LogP contribution in [-0.4, -0.2) is 36.0 Å². The fourth-order valence-corrected chi connectivity index (χ4v) is 5.53. The summed E-state index contributed by atoms with van der Waals surface area (Å²) in [7, 11) is 3.01. The largest absolute Gasteiger partial charge is 0.507 e. The van der Waals surface area contributed by atoms with Crippen LogP contribution in [0.1, 0.15) is 22.7 Å². The van der Waals surface area contributed by atoms with Gasteiger partial charge < -0.3 is 14.6 Å². The van der Waals surface area contributed by atoms with E-state index in [1.807, 2.05) is 25.1 Å². The first-order valence-electron chi connectivity index (χ1n) is 11.0. The molecule has 1 atom stereocenters. The number of benzene rings is 3. The summed E-state index contributed by atoms with van der Waals surface area (Å²) >= 11 is 7.69. The molecule has 1 amide bonds. The molecule has 1 fully saturated rings. The Hall–Kier alpha value is -3.88. The highest BCUT2D eigenvalue weighted by Crippen LogP contribution is 2.45. The first-order valence-corrected chi connectivity index (χ1v) is 12.2. The van der Waals surface area contributed by atoms with Crippen molar-refractivity contribution >= 4 is 55.7 Å². The van der Waals surface area contributed by atoms with Crippen LogP contribution < -0.4 is 14.4 Å². The summed E-state index contributed by atoms with van der Waals surface area (Å²) in [6.07, 6.45) is 0. The van der Waals surface area contributed by atoms with Gasteiger partial charge in [-0.1, -0.05) is 41.1 Å². The molecule has 182 valence electrons. The number of aryl methyl sites for hydroxylation is 1. The monoisotopic (exact) mass is 520 g/mol. The third-order valence-electron chi connectivity index (χ3n) is 6.02. The summed E-state index contributed by atoms with van der Waals surface area (Å²) in [4.78, 5) is 32.9. The van der Waals surface area contributed by atoms with Crippen molar-refractivity contribution in [3.05, 3.63) is 87.9 Å². The van der Waals surface area contributed by atoms with Crippen molar-refractivity contribution in [3.8, 4) is 11.5 Å². The second-order valence-corrected chi connectivity index (χ2v) is 9.68. The van der Waals surface area contributed by atoms with Crippen molar-refractivity contribution < 1.29 is 24.2 Å². The zero-order valence-electron chi connectivity index (χ0n) is 19.6. The molecule has 36 heavy (non-hydrogen) atoms.